The van der Waals surface area contributed by atoms with Crippen molar-refractivity contribution >= 4 is 17.8 Å². The molecular formula is C17H24FN3OS. The molecular weight excluding hydrogens is 313 g/mol. The molecule has 2 saturated heterocycles. The molecule has 6 heteroatoms. The topological polar surface area (TPSA) is 26.8 Å². The Morgan fingerprint density at radius 3 is 2.52 bits per heavy atom. The molecule has 1 aromatic rings. The van der Waals surface area contributed by atoms with E-state index in [9.17, 15) is 9.18 Å². The van der Waals surface area contributed by atoms with Crippen molar-refractivity contribution in [1.29, 1.82) is 0 Å². The Balaban J connectivity index is 1.60. The van der Waals surface area contributed by atoms with E-state index in [1.54, 1.807) is 17.8 Å². The van der Waals surface area contributed by atoms with Crippen LogP contribution in [0.2, 0.25) is 0 Å². The number of carbonyl (C=O) groups excluding carboxylic acids is 1. The first-order valence-electron chi connectivity index (χ1n) is 8.23. The van der Waals surface area contributed by atoms with Crippen molar-refractivity contribution in [3.8, 4) is 0 Å². The van der Waals surface area contributed by atoms with Gasteiger partial charge in [0.1, 0.15) is 5.82 Å². The van der Waals surface area contributed by atoms with Crippen LogP contribution in [0.15, 0.2) is 24.3 Å². The summed E-state index contributed by atoms with van der Waals surface area (Å²) in [4.78, 5) is 18.8. The number of amides is 2. The average molecular weight is 337 g/mol. The number of rotatable bonds is 1. The molecule has 2 fully saturated rings. The molecule has 0 radical (unpaired) electrons. The molecule has 2 aliphatic rings. The number of halogens is 1. The Morgan fingerprint density at radius 1 is 1.09 bits per heavy atom. The van der Waals surface area contributed by atoms with Gasteiger partial charge in [0, 0.05) is 55.8 Å². The molecule has 0 spiro atoms. The summed E-state index contributed by atoms with van der Waals surface area (Å²) in [6, 6.07) is 7.15. The third-order valence-electron chi connectivity index (χ3n) is 4.64. The van der Waals surface area contributed by atoms with E-state index in [2.05, 4.69) is 11.9 Å². The summed E-state index contributed by atoms with van der Waals surface area (Å²) in [6.45, 7) is 4.93. The fourth-order valence-corrected chi connectivity index (χ4v) is 4.40. The van der Waals surface area contributed by atoms with Gasteiger partial charge in [0.05, 0.1) is 0 Å². The molecule has 0 unspecified atom stereocenters. The lowest BCUT2D eigenvalue weighted by Gasteiger charge is -2.35. The van der Waals surface area contributed by atoms with Crippen molar-refractivity contribution in [3.05, 3.63) is 35.6 Å². The molecule has 126 valence electrons. The van der Waals surface area contributed by atoms with Gasteiger partial charge in [-0.05, 0) is 19.5 Å². The van der Waals surface area contributed by atoms with Crippen LogP contribution < -0.4 is 0 Å². The van der Waals surface area contributed by atoms with Gasteiger partial charge in [-0.25, -0.2) is 9.18 Å². The number of likely N-dealkylation sites (N-methyl/N-ethyl adjacent to an activating group) is 1. The van der Waals surface area contributed by atoms with Crippen LogP contribution in [0.25, 0.3) is 0 Å². The quantitative estimate of drug-likeness (QED) is 0.788. The molecule has 2 amide bonds. The minimum Gasteiger partial charge on any atom is -0.324 e. The fraction of sp³-hybridized carbons (Fsp3) is 0.588. The summed E-state index contributed by atoms with van der Waals surface area (Å²) < 4.78 is 14.0. The van der Waals surface area contributed by atoms with E-state index in [-0.39, 0.29) is 17.1 Å². The molecule has 4 nitrogen and oxygen atoms in total. The third-order valence-corrected chi connectivity index (χ3v) is 5.95. The second-order valence-electron chi connectivity index (χ2n) is 6.23. The van der Waals surface area contributed by atoms with Crippen molar-refractivity contribution in [2.24, 2.45) is 0 Å². The lowest BCUT2D eigenvalue weighted by molar-refractivity contribution is 0.124. The Bertz CT molecular complexity index is 548. The van der Waals surface area contributed by atoms with Crippen LogP contribution in [0.5, 0.6) is 0 Å². The van der Waals surface area contributed by atoms with Gasteiger partial charge in [-0.1, -0.05) is 18.2 Å². The minimum atomic E-state index is -0.135. The SMILES string of the molecule is CN1CCN(C(=O)N2CCS[C@H](c3ccccc3F)CC2)CC1. The summed E-state index contributed by atoms with van der Waals surface area (Å²) >= 11 is 1.76. The summed E-state index contributed by atoms with van der Waals surface area (Å²) in [5.41, 5.74) is 0.770. The van der Waals surface area contributed by atoms with Gasteiger partial charge in [0.25, 0.3) is 0 Å². The van der Waals surface area contributed by atoms with Crippen LogP contribution in [-0.4, -0.2) is 72.8 Å². The van der Waals surface area contributed by atoms with E-state index in [0.29, 0.717) is 6.54 Å². The molecule has 2 heterocycles. The van der Waals surface area contributed by atoms with E-state index >= 15 is 0 Å². The van der Waals surface area contributed by atoms with Crippen LogP contribution in [0.3, 0.4) is 0 Å². The summed E-state index contributed by atoms with van der Waals surface area (Å²) in [6.07, 6.45) is 0.811. The van der Waals surface area contributed by atoms with Gasteiger partial charge in [-0.2, -0.15) is 11.8 Å². The number of urea groups is 1. The first-order valence-corrected chi connectivity index (χ1v) is 9.28. The van der Waals surface area contributed by atoms with Crippen molar-refractivity contribution in [1.82, 2.24) is 14.7 Å². The number of thioether (sulfide) groups is 1. The van der Waals surface area contributed by atoms with Gasteiger partial charge in [-0.3, -0.25) is 0 Å². The van der Waals surface area contributed by atoms with E-state index < -0.39 is 0 Å². The van der Waals surface area contributed by atoms with Gasteiger partial charge >= 0.3 is 6.03 Å². The van der Waals surface area contributed by atoms with Gasteiger partial charge in [-0.15, -0.1) is 0 Å². The zero-order valence-corrected chi connectivity index (χ0v) is 14.4. The molecule has 0 saturated carbocycles. The molecule has 0 aliphatic carbocycles. The largest absolute Gasteiger partial charge is 0.324 e. The number of benzene rings is 1. The Hall–Kier alpha value is -1.27. The van der Waals surface area contributed by atoms with E-state index in [0.717, 1.165) is 50.5 Å². The highest BCUT2D eigenvalue weighted by Gasteiger charge is 2.27. The van der Waals surface area contributed by atoms with Crippen molar-refractivity contribution in [2.75, 3.05) is 52.1 Å². The highest BCUT2D eigenvalue weighted by molar-refractivity contribution is 7.99. The Labute approximate surface area is 141 Å². The monoisotopic (exact) mass is 337 g/mol. The van der Waals surface area contributed by atoms with Crippen LogP contribution in [-0.2, 0) is 0 Å². The van der Waals surface area contributed by atoms with Crippen molar-refractivity contribution in [2.45, 2.75) is 11.7 Å². The normalized spacial score (nSPS) is 23.7. The van der Waals surface area contributed by atoms with Crippen LogP contribution in [0.4, 0.5) is 9.18 Å². The molecule has 1 atom stereocenters. The minimum absolute atomic E-state index is 0.135. The zero-order chi connectivity index (χ0) is 16.2. The summed E-state index contributed by atoms with van der Waals surface area (Å²) in [5.74, 6) is 0.724. The summed E-state index contributed by atoms with van der Waals surface area (Å²) in [5, 5.41) is 0.140. The molecule has 0 N–H and O–H groups in total. The zero-order valence-electron chi connectivity index (χ0n) is 13.6. The lowest BCUT2D eigenvalue weighted by atomic mass is 10.1. The number of carbonyl (C=O) groups is 1. The number of nitrogens with zero attached hydrogens (tertiary/aromatic N) is 3. The van der Waals surface area contributed by atoms with Crippen LogP contribution in [0.1, 0.15) is 17.2 Å². The first kappa shape index (κ1) is 16.6. The van der Waals surface area contributed by atoms with E-state index in [1.807, 2.05) is 21.9 Å². The van der Waals surface area contributed by atoms with E-state index in [4.69, 9.17) is 0 Å². The van der Waals surface area contributed by atoms with Crippen LogP contribution in [0, 0.1) is 5.82 Å². The number of piperazine rings is 1. The Morgan fingerprint density at radius 2 is 1.78 bits per heavy atom. The Kier molecular flexibility index (Phi) is 5.43. The molecule has 23 heavy (non-hydrogen) atoms. The third kappa shape index (κ3) is 3.98. The maximum Gasteiger partial charge on any atom is 0.320 e. The smallest absolute Gasteiger partial charge is 0.320 e. The number of hydrogen-bond acceptors (Lipinski definition) is 3. The predicted molar refractivity (Wildman–Crippen MR) is 92.3 cm³/mol. The predicted octanol–water partition coefficient (Wildman–Crippen LogP) is 2.67. The fourth-order valence-electron chi connectivity index (χ4n) is 3.14. The highest BCUT2D eigenvalue weighted by Crippen LogP contribution is 2.35. The van der Waals surface area contributed by atoms with Gasteiger partial charge < -0.3 is 14.7 Å². The molecule has 3 rings (SSSR count). The maximum atomic E-state index is 14.0. The van der Waals surface area contributed by atoms with Gasteiger partial charge in [0.2, 0.25) is 0 Å². The van der Waals surface area contributed by atoms with Crippen molar-refractivity contribution < 1.29 is 9.18 Å². The number of hydrogen-bond donors (Lipinski definition) is 0. The standard InChI is InChI=1S/C17H24FN3OS/c1-19-8-10-21(11-9-19)17(22)20-7-6-16(23-13-12-20)14-4-2-3-5-15(14)18/h2-5,16H,6-13H2,1H3/t16-/m0/s1. The highest BCUT2D eigenvalue weighted by atomic mass is 32.2. The second-order valence-corrected chi connectivity index (χ2v) is 7.54. The molecule has 0 aromatic heterocycles. The van der Waals surface area contributed by atoms with Crippen LogP contribution >= 0.6 is 11.8 Å². The van der Waals surface area contributed by atoms with Crippen molar-refractivity contribution in [3.63, 3.8) is 0 Å². The molecule has 2 aliphatic heterocycles. The average Bonchev–Trinajstić information content (AvgIpc) is 2.81. The first-order chi connectivity index (χ1) is 11.1. The second kappa shape index (κ2) is 7.53. The lowest BCUT2D eigenvalue weighted by Crippen LogP contribution is -2.52. The summed E-state index contributed by atoms with van der Waals surface area (Å²) in [7, 11) is 2.09. The molecule has 1 aromatic carbocycles. The van der Waals surface area contributed by atoms with Gasteiger partial charge in [0.15, 0.2) is 0 Å². The molecule has 0 bridgehead atoms. The van der Waals surface area contributed by atoms with E-state index in [1.165, 1.54) is 6.07 Å². The maximum absolute atomic E-state index is 14.0.